The predicted octanol–water partition coefficient (Wildman–Crippen LogP) is 3.35. The molecule has 3 heterocycles. The molecule has 1 unspecified atom stereocenters. The molecule has 1 N–H and O–H groups in total. The van der Waals surface area contributed by atoms with Gasteiger partial charge >= 0.3 is 6.03 Å². The van der Waals surface area contributed by atoms with Gasteiger partial charge in [0.15, 0.2) is 11.4 Å². The molecule has 0 bridgehead atoms. The first kappa shape index (κ1) is 17.5. The average molecular weight is 371 g/mol. The molecule has 142 valence electrons. The Morgan fingerprint density at radius 1 is 1.41 bits per heavy atom. The van der Waals surface area contributed by atoms with E-state index >= 15 is 0 Å². The number of aromatic nitrogens is 3. The Balaban J connectivity index is 1.32. The highest BCUT2D eigenvalue weighted by molar-refractivity contribution is 5.79. The van der Waals surface area contributed by atoms with Crippen LogP contribution in [-0.4, -0.2) is 39.0 Å². The number of furan rings is 1. The first-order valence-electron chi connectivity index (χ1n) is 9.17. The van der Waals surface area contributed by atoms with E-state index in [-0.39, 0.29) is 17.7 Å². The van der Waals surface area contributed by atoms with Gasteiger partial charge in [-0.2, -0.15) is 0 Å². The summed E-state index contributed by atoms with van der Waals surface area (Å²) in [5, 5.41) is 11.5. The quantitative estimate of drug-likeness (QED) is 0.763. The van der Waals surface area contributed by atoms with Crippen molar-refractivity contribution in [1.82, 2.24) is 25.2 Å². The molecule has 27 heavy (non-hydrogen) atoms. The van der Waals surface area contributed by atoms with Crippen molar-refractivity contribution in [2.75, 3.05) is 13.1 Å². The Morgan fingerprint density at radius 2 is 2.22 bits per heavy atom. The van der Waals surface area contributed by atoms with Crippen molar-refractivity contribution in [2.45, 2.75) is 32.4 Å². The predicted molar refractivity (Wildman–Crippen MR) is 97.4 cm³/mol. The van der Waals surface area contributed by atoms with Gasteiger partial charge in [0, 0.05) is 31.2 Å². The number of carbonyl (C=O) groups excluding carboxylic acids is 1. The van der Waals surface area contributed by atoms with Crippen LogP contribution in [0, 0.1) is 11.7 Å². The van der Waals surface area contributed by atoms with Gasteiger partial charge in [-0.15, -0.1) is 5.10 Å². The SMILES string of the molecule is CC(NC(=O)N1CCC(Cn2ccnn2)CC1)c1cc2cccc(F)c2o1. The number of amides is 2. The summed E-state index contributed by atoms with van der Waals surface area (Å²) in [5.74, 6) is 0.641. The van der Waals surface area contributed by atoms with Crippen molar-refractivity contribution >= 4 is 17.0 Å². The van der Waals surface area contributed by atoms with E-state index < -0.39 is 5.82 Å². The molecule has 7 nitrogen and oxygen atoms in total. The fourth-order valence-corrected chi connectivity index (χ4v) is 3.52. The molecular weight excluding hydrogens is 349 g/mol. The minimum absolute atomic E-state index is 0.123. The summed E-state index contributed by atoms with van der Waals surface area (Å²) < 4.78 is 21.2. The van der Waals surface area contributed by atoms with Crippen LogP contribution < -0.4 is 5.32 Å². The van der Waals surface area contributed by atoms with E-state index in [0.717, 1.165) is 19.4 Å². The molecule has 0 spiro atoms. The zero-order valence-electron chi connectivity index (χ0n) is 15.1. The number of nitrogens with zero attached hydrogens (tertiary/aromatic N) is 4. The van der Waals surface area contributed by atoms with Crippen molar-refractivity contribution in [2.24, 2.45) is 5.92 Å². The van der Waals surface area contributed by atoms with Gasteiger partial charge in [-0.25, -0.2) is 9.18 Å². The molecule has 8 heteroatoms. The van der Waals surface area contributed by atoms with Crippen LogP contribution >= 0.6 is 0 Å². The lowest BCUT2D eigenvalue weighted by molar-refractivity contribution is 0.160. The highest BCUT2D eigenvalue weighted by Crippen LogP contribution is 2.26. The molecule has 1 aromatic carbocycles. The summed E-state index contributed by atoms with van der Waals surface area (Å²) in [6.45, 7) is 4.07. The molecule has 0 radical (unpaired) electrons. The van der Waals surface area contributed by atoms with Crippen LogP contribution in [-0.2, 0) is 6.54 Å². The molecule has 0 saturated carbocycles. The van der Waals surface area contributed by atoms with E-state index in [9.17, 15) is 9.18 Å². The number of hydrogen-bond donors (Lipinski definition) is 1. The summed E-state index contributed by atoms with van der Waals surface area (Å²) >= 11 is 0. The summed E-state index contributed by atoms with van der Waals surface area (Å²) in [5.41, 5.74) is 0.225. The minimum atomic E-state index is -0.397. The van der Waals surface area contributed by atoms with Gasteiger partial charge < -0.3 is 14.6 Å². The Kier molecular flexibility index (Phi) is 4.79. The number of rotatable bonds is 4. The summed E-state index contributed by atoms with van der Waals surface area (Å²) in [6, 6.07) is 6.11. The second-order valence-corrected chi connectivity index (χ2v) is 7.03. The summed E-state index contributed by atoms with van der Waals surface area (Å²) in [6.07, 6.45) is 5.39. The average Bonchev–Trinajstić information content (AvgIpc) is 3.32. The highest BCUT2D eigenvalue weighted by Gasteiger charge is 2.25. The monoisotopic (exact) mass is 371 g/mol. The van der Waals surface area contributed by atoms with Gasteiger partial charge in [-0.3, -0.25) is 4.68 Å². The third-order valence-corrected chi connectivity index (χ3v) is 5.10. The van der Waals surface area contributed by atoms with E-state index in [1.807, 2.05) is 22.7 Å². The molecule has 2 amide bonds. The molecule has 0 aliphatic carbocycles. The van der Waals surface area contributed by atoms with E-state index in [0.29, 0.717) is 30.2 Å². The Labute approximate surface area is 156 Å². The number of para-hydroxylation sites is 1. The number of nitrogens with one attached hydrogen (secondary N) is 1. The number of carbonyl (C=O) groups is 1. The zero-order valence-corrected chi connectivity index (χ0v) is 15.1. The van der Waals surface area contributed by atoms with Gasteiger partial charge in [0.25, 0.3) is 0 Å². The van der Waals surface area contributed by atoms with Crippen molar-refractivity contribution in [3.8, 4) is 0 Å². The highest BCUT2D eigenvalue weighted by atomic mass is 19.1. The van der Waals surface area contributed by atoms with Crippen molar-refractivity contribution in [3.63, 3.8) is 0 Å². The molecule has 1 saturated heterocycles. The van der Waals surface area contributed by atoms with E-state index in [4.69, 9.17) is 4.42 Å². The molecule has 4 rings (SSSR count). The summed E-state index contributed by atoms with van der Waals surface area (Å²) in [7, 11) is 0. The fourth-order valence-electron chi connectivity index (χ4n) is 3.52. The van der Waals surface area contributed by atoms with E-state index in [2.05, 4.69) is 15.6 Å². The molecule has 1 aliphatic heterocycles. The van der Waals surface area contributed by atoms with Crippen LogP contribution in [0.3, 0.4) is 0 Å². The second kappa shape index (κ2) is 7.38. The Bertz CT molecular complexity index is 915. The smallest absolute Gasteiger partial charge is 0.317 e. The first-order valence-corrected chi connectivity index (χ1v) is 9.17. The van der Waals surface area contributed by atoms with Crippen LogP contribution in [0.2, 0.25) is 0 Å². The molecule has 2 aromatic heterocycles. The number of hydrogen-bond acceptors (Lipinski definition) is 4. The van der Waals surface area contributed by atoms with Crippen LogP contribution in [0.25, 0.3) is 11.0 Å². The van der Waals surface area contributed by atoms with Crippen molar-refractivity contribution in [1.29, 1.82) is 0 Å². The third kappa shape index (κ3) is 3.79. The lowest BCUT2D eigenvalue weighted by atomic mass is 9.97. The van der Waals surface area contributed by atoms with Gasteiger partial charge in [-0.1, -0.05) is 17.3 Å². The number of halogens is 1. The Hall–Kier alpha value is -2.90. The zero-order chi connectivity index (χ0) is 18.8. The van der Waals surface area contributed by atoms with Crippen LogP contribution in [0.1, 0.15) is 31.6 Å². The van der Waals surface area contributed by atoms with Crippen LogP contribution in [0.4, 0.5) is 9.18 Å². The van der Waals surface area contributed by atoms with Gasteiger partial charge in [0.1, 0.15) is 5.76 Å². The topological polar surface area (TPSA) is 76.2 Å². The normalized spacial score (nSPS) is 16.6. The number of benzene rings is 1. The van der Waals surface area contributed by atoms with Crippen molar-refractivity contribution < 1.29 is 13.6 Å². The maximum Gasteiger partial charge on any atom is 0.317 e. The van der Waals surface area contributed by atoms with Gasteiger partial charge in [-0.05, 0) is 37.8 Å². The number of urea groups is 1. The standard InChI is InChI=1S/C19H22FN5O2/c1-13(17-11-15-3-2-4-16(20)18(15)27-17)22-19(26)24-8-5-14(6-9-24)12-25-10-7-21-23-25/h2-4,7,10-11,13-14H,5-6,8-9,12H2,1H3,(H,22,26). The maximum atomic E-state index is 13.8. The fraction of sp³-hybridized carbons (Fsp3) is 0.421. The number of piperidine rings is 1. The van der Waals surface area contributed by atoms with Crippen LogP contribution in [0.15, 0.2) is 41.1 Å². The summed E-state index contributed by atoms with van der Waals surface area (Å²) in [4.78, 5) is 14.4. The maximum absolute atomic E-state index is 13.8. The largest absolute Gasteiger partial charge is 0.456 e. The third-order valence-electron chi connectivity index (χ3n) is 5.10. The molecular formula is C19H22FN5O2. The lowest BCUT2D eigenvalue weighted by Crippen LogP contribution is -2.45. The molecule has 1 fully saturated rings. The van der Waals surface area contributed by atoms with E-state index in [1.54, 1.807) is 24.4 Å². The number of likely N-dealkylation sites (tertiary alicyclic amines) is 1. The molecule has 1 aliphatic rings. The lowest BCUT2D eigenvalue weighted by Gasteiger charge is -2.32. The minimum Gasteiger partial charge on any atom is -0.456 e. The molecule has 3 aromatic rings. The first-order chi connectivity index (χ1) is 13.1. The van der Waals surface area contributed by atoms with Gasteiger partial charge in [0.05, 0.1) is 12.2 Å². The molecule has 1 atom stereocenters. The number of fused-ring (bicyclic) bond motifs is 1. The van der Waals surface area contributed by atoms with E-state index in [1.165, 1.54) is 6.07 Å². The van der Waals surface area contributed by atoms with Crippen LogP contribution in [0.5, 0.6) is 0 Å². The second-order valence-electron chi connectivity index (χ2n) is 7.03. The van der Waals surface area contributed by atoms with Crippen molar-refractivity contribution in [3.05, 3.63) is 48.2 Å². The van der Waals surface area contributed by atoms with Gasteiger partial charge in [0.2, 0.25) is 0 Å². The Morgan fingerprint density at radius 3 is 2.93 bits per heavy atom.